The Morgan fingerprint density at radius 2 is 1.73 bits per heavy atom. The van der Waals surface area contributed by atoms with Crippen LogP contribution in [-0.2, 0) is 31.1 Å². The second-order valence-electron chi connectivity index (χ2n) is 12.4. The number of hydrogen-bond donors (Lipinski definition) is 3. The molecule has 9 nitrogen and oxygen atoms in total. The van der Waals surface area contributed by atoms with Crippen LogP contribution in [0, 0.1) is 5.82 Å². The minimum absolute atomic E-state index is 0.0424. The molecule has 0 saturated carbocycles. The number of alkyl carbamates (subject to hydrolysis) is 1. The van der Waals surface area contributed by atoms with Gasteiger partial charge in [-0.05, 0) is 76.8 Å². The second kappa shape index (κ2) is 12.1. The number of carbonyl (C=O) groups excluding carboxylic acids is 3. The number of nitrogens with zero attached hydrogens (tertiary/aromatic N) is 1. The van der Waals surface area contributed by atoms with E-state index in [9.17, 15) is 18.8 Å². The Morgan fingerprint density at radius 3 is 2.39 bits per heavy atom. The largest absolute Gasteiger partial charge is 0.444 e. The normalized spacial score (nSPS) is 16.9. The van der Waals surface area contributed by atoms with Gasteiger partial charge in [-0.15, -0.1) is 0 Å². The van der Waals surface area contributed by atoms with Gasteiger partial charge in [-0.3, -0.25) is 9.59 Å². The van der Waals surface area contributed by atoms with Crippen LogP contribution >= 0.6 is 0 Å². The van der Waals surface area contributed by atoms with Crippen LogP contribution in [-0.4, -0.2) is 66.2 Å². The highest BCUT2D eigenvalue weighted by atomic mass is 19.1. The number of anilines is 1. The van der Waals surface area contributed by atoms with E-state index in [1.165, 1.54) is 6.07 Å². The van der Waals surface area contributed by atoms with E-state index in [0.717, 1.165) is 16.8 Å². The van der Waals surface area contributed by atoms with Crippen LogP contribution in [0.5, 0.6) is 0 Å². The third-order valence-corrected chi connectivity index (χ3v) is 7.58. The van der Waals surface area contributed by atoms with E-state index in [4.69, 9.17) is 9.47 Å². The van der Waals surface area contributed by atoms with E-state index >= 15 is 0 Å². The van der Waals surface area contributed by atoms with Gasteiger partial charge in [0.05, 0.1) is 13.2 Å². The first kappa shape index (κ1) is 30.3. The summed E-state index contributed by atoms with van der Waals surface area (Å²) in [6.45, 7) is 10.1. The lowest BCUT2D eigenvalue weighted by Gasteiger charge is -2.40. The molecule has 2 aromatic rings. The van der Waals surface area contributed by atoms with Crippen LogP contribution in [0.1, 0.15) is 58.6 Å². The number of hydrogen-bond acceptors (Lipinski definition) is 6. The summed E-state index contributed by atoms with van der Waals surface area (Å²) in [6.07, 6.45) is 0.600. The van der Waals surface area contributed by atoms with Crippen LogP contribution in [0.25, 0.3) is 0 Å². The van der Waals surface area contributed by atoms with E-state index in [1.54, 1.807) is 51.7 Å². The van der Waals surface area contributed by atoms with Gasteiger partial charge in [-0.25, -0.2) is 9.18 Å². The molecule has 0 bridgehead atoms. The summed E-state index contributed by atoms with van der Waals surface area (Å²) in [5.41, 5.74) is 0.510. The van der Waals surface area contributed by atoms with Crippen molar-refractivity contribution < 1.29 is 28.2 Å². The Balaban J connectivity index is 1.43. The van der Waals surface area contributed by atoms with Gasteiger partial charge in [0.1, 0.15) is 23.0 Å². The number of likely N-dealkylation sites (tertiary alicyclic amines) is 1. The molecule has 2 aliphatic rings. The number of halogens is 1. The van der Waals surface area contributed by atoms with Crippen molar-refractivity contribution in [1.29, 1.82) is 0 Å². The van der Waals surface area contributed by atoms with E-state index < -0.39 is 29.2 Å². The summed E-state index contributed by atoms with van der Waals surface area (Å²) in [6, 6.07) is 13.4. The quantitative estimate of drug-likeness (QED) is 0.442. The Morgan fingerprint density at radius 1 is 1.05 bits per heavy atom. The Labute approximate surface area is 241 Å². The molecule has 222 valence electrons. The van der Waals surface area contributed by atoms with Crippen LogP contribution in [0.3, 0.4) is 0 Å². The smallest absolute Gasteiger partial charge is 0.408 e. The van der Waals surface area contributed by atoms with Gasteiger partial charge in [0.2, 0.25) is 11.8 Å². The zero-order valence-corrected chi connectivity index (χ0v) is 24.5. The van der Waals surface area contributed by atoms with Crippen molar-refractivity contribution in [3.63, 3.8) is 0 Å². The molecular formula is C31H41FN4O5. The number of benzene rings is 2. The summed E-state index contributed by atoms with van der Waals surface area (Å²) in [4.78, 5) is 41.2. The molecule has 4 rings (SSSR count). The van der Waals surface area contributed by atoms with Crippen molar-refractivity contribution in [2.24, 2.45) is 0 Å². The minimum Gasteiger partial charge on any atom is -0.444 e. The second-order valence-corrected chi connectivity index (χ2v) is 12.4. The number of rotatable bonds is 8. The van der Waals surface area contributed by atoms with E-state index in [0.29, 0.717) is 32.5 Å². The fraction of sp³-hybridized carbons (Fsp3) is 0.516. The lowest BCUT2D eigenvalue weighted by Crippen LogP contribution is -2.61. The van der Waals surface area contributed by atoms with Gasteiger partial charge >= 0.3 is 6.09 Å². The molecule has 10 heteroatoms. The number of fused-ring (bicyclic) bond motifs is 2. The van der Waals surface area contributed by atoms with Crippen molar-refractivity contribution in [2.75, 3.05) is 31.6 Å². The summed E-state index contributed by atoms with van der Waals surface area (Å²) in [7, 11) is 0. The molecule has 1 spiro atoms. The highest BCUT2D eigenvalue weighted by Gasteiger charge is 2.44. The Kier molecular flexibility index (Phi) is 8.91. The zero-order chi connectivity index (χ0) is 29.8. The van der Waals surface area contributed by atoms with Crippen molar-refractivity contribution in [3.05, 3.63) is 65.5 Å². The SMILES string of the molecule is CC(C)(C)OC(=O)NC(C)(C)C(=O)N[C@H](COCc1ccccc1)C(=O)N1CCC2(CC1)CNc1ccc(F)cc12. The molecule has 3 N–H and O–H groups in total. The van der Waals surface area contributed by atoms with Gasteiger partial charge in [0, 0.05) is 30.7 Å². The fourth-order valence-electron chi connectivity index (χ4n) is 5.29. The highest BCUT2D eigenvalue weighted by molar-refractivity contribution is 5.93. The molecule has 41 heavy (non-hydrogen) atoms. The average Bonchev–Trinajstić information content (AvgIpc) is 3.24. The number of piperidine rings is 1. The fourth-order valence-corrected chi connectivity index (χ4v) is 5.29. The number of amides is 3. The molecule has 0 aliphatic carbocycles. The van der Waals surface area contributed by atoms with Crippen molar-refractivity contribution in [2.45, 2.75) is 76.7 Å². The summed E-state index contributed by atoms with van der Waals surface area (Å²) < 4.78 is 25.2. The van der Waals surface area contributed by atoms with Crippen molar-refractivity contribution in [1.82, 2.24) is 15.5 Å². The Hall–Kier alpha value is -3.66. The number of carbonyl (C=O) groups is 3. The lowest BCUT2D eigenvalue weighted by molar-refractivity contribution is -0.141. The van der Waals surface area contributed by atoms with Crippen molar-refractivity contribution >= 4 is 23.6 Å². The van der Waals surface area contributed by atoms with E-state index in [1.807, 2.05) is 30.3 Å². The van der Waals surface area contributed by atoms with Crippen LogP contribution < -0.4 is 16.0 Å². The van der Waals surface area contributed by atoms with Crippen LogP contribution in [0.4, 0.5) is 14.9 Å². The molecule has 2 heterocycles. The molecule has 1 fully saturated rings. The van der Waals surface area contributed by atoms with Gasteiger partial charge in [0.15, 0.2) is 0 Å². The average molecular weight is 569 g/mol. The summed E-state index contributed by atoms with van der Waals surface area (Å²) in [5.74, 6) is -1.08. The number of nitrogens with one attached hydrogen (secondary N) is 3. The molecule has 0 aromatic heterocycles. The standard InChI is InChI=1S/C31H41FN4O5/c1-29(2,3)41-28(39)35-30(4,5)27(38)34-25(19-40-18-21-9-7-6-8-10-21)26(37)36-15-13-31(14-16-36)20-33-24-12-11-22(32)17-23(24)31/h6-12,17,25,33H,13-16,18-20H2,1-5H3,(H,34,38)(H,35,39)/t25-/m1/s1. The molecule has 0 unspecified atom stereocenters. The molecule has 0 radical (unpaired) electrons. The van der Waals surface area contributed by atoms with Gasteiger partial charge in [-0.2, -0.15) is 0 Å². The molecular weight excluding hydrogens is 527 g/mol. The Bertz CT molecular complexity index is 1250. The first-order chi connectivity index (χ1) is 19.3. The monoisotopic (exact) mass is 568 g/mol. The van der Waals surface area contributed by atoms with Gasteiger partial charge < -0.3 is 30.3 Å². The lowest BCUT2D eigenvalue weighted by atomic mass is 9.74. The van der Waals surface area contributed by atoms with Gasteiger partial charge in [0.25, 0.3) is 0 Å². The highest BCUT2D eigenvalue weighted by Crippen LogP contribution is 2.44. The summed E-state index contributed by atoms with van der Waals surface area (Å²) in [5, 5.41) is 8.77. The predicted octanol–water partition coefficient (Wildman–Crippen LogP) is 4.12. The predicted molar refractivity (Wildman–Crippen MR) is 154 cm³/mol. The molecule has 1 atom stereocenters. The molecule has 1 saturated heterocycles. The summed E-state index contributed by atoms with van der Waals surface area (Å²) >= 11 is 0. The number of ether oxygens (including phenoxy) is 2. The molecule has 2 aromatic carbocycles. The van der Waals surface area contributed by atoms with Crippen molar-refractivity contribution in [3.8, 4) is 0 Å². The maximum absolute atomic E-state index is 14.0. The molecule has 3 amide bonds. The zero-order valence-electron chi connectivity index (χ0n) is 24.5. The van der Waals surface area contributed by atoms with E-state index in [2.05, 4.69) is 16.0 Å². The third kappa shape index (κ3) is 7.55. The third-order valence-electron chi connectivity index (χ3n) is 7.58. The van der Waals surface area contributed by atoms with Crippen LogP contribution in [0.2, 0.25) is 0 Å². The van der Waals surface area contributed by atoms with Crippen LogP contribution in [0.15, 0.2) is 48.5 Å². The van der Waals surface area contributed by atoms with Gasteiger partial charge in [-0.1, -0.05) is 30.3 Å². The maximum Gasteiger partial charge on any atom is 0.408 e. The first-order valence-electron chi connectivity index (χ1n) is 14.0. The topological polar surface area (TPSA) is 109 Å². The minimum atomic E-state index is -1.35. The van der Waals surface area contributed by atoms with E-state index in [-0.39, 0.29) is 30.4 Å². The molecule has 2 aliphatic heterocycles. The first-order valence-corrected chi connectivity index (χ1v) is 14.0. The maximum atomic E-state index is 14.0.